The Morgan fingerprint density at radius 3 is 2.24 bits per heavy atom. The summed E-state index contributed by atoms with van der Waals surface area (Å²) >= 11 is 5.77. The predicted octanol–water partition coefficient (Wildman–Crippen LogP) is 3.19. The van der Waals surface area contributed by atoms with Gasteiger partial charge in [-0.25, -0.2) is 26.4 Å². The SMILES string of the molecule is O=C(O)c1cccc(S(=O)(=O)N2CCC(NS(=O)(=O)c3ccc(C(F)(F)F)cc3Cl)CC2)c1. The molecule has 1 saturated heterocycles. The highest BCUT2D eigenvalue weighted by molar-refractivity contribution is 7.89. The van der Waals surface area contributed by atoms with Crippen LogP contribution in [0.2, 0.25) is 5.02 Å². The second-order valence-electron chi connectivity index (χ2n) is 7.28. The molecule has 8 nitrogen and oxygen atoms in total. The fraction of sp³-hybridized carbons (Fsp3) is 0.316. The molecule has 33 heavy (non-hydrogen) atoms. The van der Waals surface area contributed by atoms with Crippen LogP contribution in [0.3, 0.4) is 0 Å². The number of alkyl halides is 3. The van der Waals surface area contributed by atoms with Gasteiger partial charge in [0.25, 0.3) is 0 Å². The van der Waals surface area contributed by atoms with Gasteiger partial charge in [-0.2, -0.15) is 17.5 Å². The Morgan fingerprint density at radius 2 is 1.70 bits per heavy atom. The molecule has 2 N–H and O–H groups in total. The maximum Gasteiger partial charge on any atom is 0.416 e. The second-order valence-corrected chi connectivity index (χ2v) is 11.3. The Bertz CT molecular complexity index is 1270. The molecule has 2 aromatic carbocycles. The van der Waals surface area contributed by atoms with Crippen molar-refractivity contribution in [2.45, 2.75) is 34.9 Å². The Kier molecular flexibility index (Phi) is 7.10. The zero-order valence-electron chi connectivity index (χ0n) is 16.7. The van der Waals surface area contributed by atoms with E-state index < -0.39 is 53.7 Å². The summed E-state index contributed by atoms with van der Waals surface area (Å²) in [6.07, 6.45) is -4.49. The number of hydrogen-bond acceptors (Lipinski definition) is 5. The summed E-state index contributed by atoms with van der Waals surface area (Å²) in [5.41, 5.74) is -1.27. The molecule has 14 heteroatoms. The van der Waals surface area contributed by atoms with Gasteiger partial charge in [0.1, 0.15) is 4.90 Å². The summed E-state index contributed by atoms with van der Waals surface area (Å²) in [6.45, 7) is -0.0961. The fourth-order valence-electron chi connectivity index (χ4n) is 3.33. The molecule has 1 aliphatic rings. The number of rotatable bonds is 6. The molecule has 1 aliphatic heterocycles. The first-order valence-corrected chi connectivity index (χ1v) is 12.7. The van der Waals surface area contributed by atoms with Gasteiger partial charge in [-0.3, -0.25) is 0 Å². The highest BCUT2D eigenvalue weighted by atomic mass is 35.5. The number of aromatic carboxylic acids is 1. The minimum atomic E-state index is -4.68. The first kappa shape index (κ1) is 25.4. The minimum Gasteiger partial charge on any atom is -0.478 e. The van der Waals surface area contributed by atoms with Crippen LogP contribution in [0, 0.1) is 0 Å². The van der Waals surface area contributed by atoms with E-state index >= 15 is 0 Å². The van der Waals surface area contributed by atoms with Crippen LogP contribution in [0.5, 0.6) is 0 Å². The zero-order chi connectivity index (χ0) is 24.6. The molecule has 0 aromatic heterocycles. The molecule has 0 unspecified atom stereocenters. The predicted molar refractivity (Wildman–Crippen MR) is 112 cm³/mol. The van der Waals surface area contributed by atoms with Crippen LogP contribution >= 0.6 is 11.6 Å². The number of benzene rings is 2. The van der Waals surface area contributed by atoms with Crippen molar-refractivity contribution in [2.24, 2.45) is 0 Å². The van der Waals surface area contributed by atoms with Gasteiger partial charge in [0.2, 0.25) is 20.0 Å². The highest BCUT2D eigenvalue weighted by Gasteiger charge is 2.34. The van der Waals surface area contributed by atoms with E-state index in [0.717, 1.165) is 16.4 Å². The molecular formula is C19H18ClF3N2O6S2. The first-order chi connectivity index (χ1) is 15.2. The average molecular weight is 527 g/mol. The summed E-state index contributed by atoms with van der Waals surface area (Å²) in [6, 6.07) is 6.10. The number of nitrogens with zero attached hydrogens (tertiary/aromatic N) is 1. The van der Waals surface area contributed by atoms with Gasteiger partial charge in [0, 0.05) is 19.1 Å². The third-order valence-electron chi connectivity index (χ3n) is 5.04. The van der Waals surface area contributed by atoms with Crippen LogP contribution in [0.25, 0.3) is 0 Å². The van der Waals surface area contributed by atoms with E-state index in [1.807, 2.05) is 0 Å². The number of carbonyl (C=O) groups is 1. The van der Waals surface area contributed by atoms with E-state index in [1.165, 1.54) is 18.2 Å². The molecule has 180 valence electrons. The maximum absolute atomic E-state index is 12.8. The smallest absolute Gasteiger partial charge is 0.416 e. The zero-order valence-corrected chi connectivity index (χ0v) is 19.1. The highest BCUT2D eigenvalue weighted by Crippen LogP contribution is 2.33. The van der Waals surface area contributed by atoms with Gasteiger partial charge in [-0.15, -0.1) is 0 Å². The van der Waals surface area contributed by atoms with E-state index in [2.05, 4.69) is 4.72 Å². The molecule has 0 amide bonds. The van der Waals surface area contributed by atoms with Gasteiger partial charge in [0.05, 0.1) is 21.0 Å². The molecule has 1 heterocycles. The fourth-order valence-corrected chi connectivity index (χ4v) is 6.70. The summed E-state index contributed by atoms with van der Waals surface area (Å²) in [5.74, 6) is -1.28. The summed E-state index contributed by atoms with van der Waals surface area (Å²) < 4.78 is 92.7. The van der Waals surface area contributed by atoms with Gasteiger partial charge in [-0.05, 0) is 49.2 Å². The van der Waals surface area contributed by atoms with Crippen molar-refractivity contribution in [3.8, 4) is 0 Å². The van der Waals surface area contributed by atoms with Crippen molar-refractivity contribution >= 4 is 37.6 Å². The molecular weight excluding hydrogens is 509 g/mol. The number of sulfonamides is 2. The van der Waals surface area contributed by atoms with E-state index in [0.29, 0.717) is 12.1 Å². The van der Waals surface area contributed by atoms with Gasteiger partial charge < -0.3 is 5.11 Å². The number of hydrogen-bond donors (Lipinski definition) is 2. The largest absolute Gasteiger partial charge is 0.478 e. The quantitative estimate of drug-likeness (QED) is 0.596. The van der Waals surface area contributed by atoms with Crippen molar-refractivity contribution in [2.75, 3.05) is 13.1 Å². The molecule has 0 spiro atoms. The Labute approximate surface area is 193 Å². The van der Waals surface area contributed by atoms with Crippen LogP contribution in [-0.4, -0.2) is 51.3 Å². The molecule has 0 saturated carbocycles. The third-order valence-corrected chi connectivity index (χ3v) is 8.94. The van der Waals surface area contributed by atoms with Crippen molar-refractivity contribution in [3.63, 3.8) is 0 Å². The molecule has 1 fully saturated rings. The van der Waals surface area contributed by atoms with Crippen LogP contribution < -0.4 is 4.72 Å². The number of piperidine rings is 1. The minimum absolute atomic E-state index is 0.0481. The van der Waals surface area contributed by atoms with E-state index in [4.69, 9.17) is 16.7 Å². The van der Waals surface area contributed by atoms with Crippen molar-refractivity contribution in [1.82, 2.24) is 9.03 Å². The summed E-state index contributed by atoms with van der Waals surface area (Å²) in [4.78, 5) is 10.4. The lowest BCUT2D eigenvalue weighted by atomic mass is 10.1. The maximum atomic E-state index is 12.8. The van der Waals surface area contributed by atoms with E-state index in [9.17, 15) is 34.8 Å². The molecule has 0 aliphatic carbocycles. The standard InChI is InChI=1S/C19H18ClF3N2O6S2/c20-16-11-13(19(21,22)23)4-5-17(16)32(28,29)24-14-6-8-25(9-7-14)33(30,31)15-3-1-2-12(10-15)18(26)27/h1-5,10-11,14,24H,6-9H2,(H,26,27). The lowest BCUT2D eigenvalue weighted by Gasteiger charge is -2.31. The number of nitrogens with one attached hydrogen (secondary N) is 1. The first-order valence-electron chi connectivity index (χ1n) is 9.44. The molecule has 0 atom stereocenters. The lowest BCUT2D eigenvalue weighted by molar-refractivity contribution is -0.137. The van der Waals surface area contributed by atoms with Gasteiger partial charge >= 0.3 is 12.1 Å². The number of carboxylic acids is 1. The molecule has 0 radical (unpaired) electrons. The summed E-state index contributed by atoms with van der Waals surface area (Å²) in [7, 11) is -8.25. The van der Waals surface area contributed by atoms with Gasteiger partial charge in [0.15, 0.2) is 0 Å². The molecule has 0 bridgehead atoms. The van der Waals surface area contributed by atoms with E-state index in [1.54, 1.807) is 0 Å². The van der Waals surface area contributed by atoms with Crippen LogP contribution in [-0.2, 0) is 26.2 Å². The Balaban J connectivity index is 1.70. The Hall–Kier alpha value is -2.19. The van der Waals surface area contributed by atoms with Crippen molar-refractivity contribution in [3.05, 3.63) is 58.6 Å². The number of halogens is 4. The third kappa shape index (κ3) is 5.66. The number of carboxylic acid groups (broad SMARTS) is 1. The normalized spacial score (nSPS) is 16.6. The summed E-state index contributed by atoms with van der Waals surface area (Å²) in [5, 5.41) is 8.47. The van der Waals surface area contributed by atoms with Crippen LogP contribution in [0.4, 0.5) is 13.2 Å². The monoisotopic (exact) mass is 526 g/mol. The second kappa shape index (κ2) is 9.22. The van der Waals surface area contributed by atoms with E-state index in [-0.39, 0.29) is 36.4 Å². The average Bonchev–Trinajstić information content (AvgIpc) is 2.73. The van der Waals surface area contributed by atoms with Gasteiger partial charge in [-0.1, -0.05) is 17.7 Å². The van der Waals surface area contributed by atoms with Crippen LogP contribution in [0.15, 0.2) is 52.3 Å². The van der Waals surface area contributed by atoms with Crippen molar-refractivity contribution in [1.29, 1.82) is 0 Å². The molecule has 2 aromatic rings. The van der Waals surface area contributed by atoms with Crippen molar-refractivity contribution < 1.29 is 39.9 Å². The molecule has 3 rings (SSSR count). The topological polar surface area (TPSA) is 121 Å². The van der Waals surface area contributed by atoms with Crippen LogP contribution in [0.1, 0.15) is 28.8 Å². The lowest BCUT2D eigenvalue weighted by Crippen LogP contribution is -2.46. The Morgan fingerprint density at radius 1 is 1.06 bits per heavy atom.